The van der Waals surface area contributed by atoms with E-state index in [-0.39, 0.29) is 23.8 Å². The fraction of sp³-hybridized carbons (Fsp3) is 0.269. The van der Waals surface area contributed by atoms with Gasteiger partial charge in [-0.15, -0.1) is 0 Å². The molecule has 0 saturated carbocycles. The van der Waals surface area contributed by atoms with Crippen LogP contribution in [0.3, 0.4) is 0 Å². The third-order valence-electron chi connectivity index (χ3n) is 6.24. The Morgan fingerprint density at radius 3 is 2.29 bits per heavy atom. The predicted molar refractivity (Wildman–Crippen MR) is 120 cm³/mol. The van der Waals surface area contributed by atoms with Crippen LogP contribution in [0.1, 0.15) is 41.7 Å². The molecule has 1 aliphatic rings. The lowest BCUT2D eigenvalue weighted by atomic mass is 9.73. The number of rotatable bonds is 8. The number of halogens is 1. The normalized spacial score (nSPS) is 21.4. The minimum absolute atomic E-state index is 0.0320. The van der Waals surface area contributed by atoms with Crippen LogP contribution in [0.25, 0.3) is 0 Å². The number of aliphatic hydroxyl groups excluding tert-OH is 1. The van der Waals surface area contributed by atoms with Crippen LogP contribution < -0.4 is 10.6 Å². The van der Waals surface area contributed by atoms with E-state index in [9.17, 15) is 14.3 Å². The first-order valence-corrected chi connectivity index (χ1v) is 10.6. The van der Waals surface area contributed by atoms with E-state index in [4.69, 9.17) is 5.73 Å². The molecule has 3 N–H and O–H groups in total. The molecule has 1 aliphatic heterocycles. The summed E-state index contributed by atoms with van der Waals surface area (Å²) in [6.07, 6.45) is 1.65. The average Bonchev–Trinajstić information content (AvgIpc) is 2.80. The van der Waals surface area contributed by atoms with Gasteiger partial charge in [-0.3, -0.25) is 0 Å². The SMILES string of the molecule is NCc1ccc(C2C(CCC(O)c3ccccc3)C(C=O)N2c2ccc(F)cc2)cc1. The van der Waals surface area contributed by atoms with Crippen molar-refractivity contribution in [2.45, 2.75) is 37.6 Å². The Kier molecular flexibility index (Phi) is 6.44. The van der Waals surface area contributed by atoms with Gasteiger partial charge >= 0.3 is 0 Å². The molecule has 3 aromatic carbocycles. The Morgan fingerprint density at radius 1 is 1.00 bits per heavy atom. The van der Waals surface area contributed by atoms with Crippen LogP contribution in [0, 0.1) is 11.7 Å². The summed E-state index contributed by atoms with van der Waals surface area (Å²) < 4.78 is 13.5. The van der Waals surface area contributed by atoms with E-state index < -0.39 is 6.10 Å². The molecule has 4 nitrogen and oxygen atoms in total. The van der Waals surface area contributed by atoms with Crippen LogP contribution in [0.15, 0.2) is 78.9 Å². The molecule has 4 atom stereocenters. The first-order chi connectivity index (χ1) is 15.1. The van der Waals surface area contributed by atoms with Crippen LogP contribution >= 0.6 is 0 Å². The van der Waals surface area contributed by atoms with Crippen molar-refractivity contribution in [2.75, 3.05) is 4.90 Å². The molecule has 31 heavy (non-hydrogen) atoms. The molecule has 4 unspecified atom stereocenters. The number of carbonyl (C=O) groups is 1. The summed E-state index contributed by atoms with van der Waals surface area (Å²) in [5.74, 6) is -0.261. The van der Waals surface area contributed by atoms with Crippen molar-refractivity contribution in [3.05, 3.63) is 101 Å². The molecule has 3 aromatic rings. The van der Waals surface area contributed by atoms with Crippen molar-refractivity contribution < 1.29 is 14.3 Å². The molecule has 160 valence electrons. The number of aldehydes is 1. The van der Waals surface area contributed by atoms with Crippen LogP contribution in [-0.2, 0) is 11.3 Å². The molecule has 1 fully saturated rings. The van der Waals surface area contributed by atoms with E-state index in [1.165, 1.54) is 12.1 Å². The lowest BCUT2D eigenvalue weighted by Gasteiger charge is -2.55. The van der Waals surface area contributed by atoms with E-state index in [0.29, 0.717) is 19.4 Å². The molecule has 0 amide bonds. The van der Waals surface area contributed by atoms with Crippen molar-refractivity contribution in [3.63, 3.8) is 0 Å². The maximum atomic E-state index is 13.5. The Balaban J connectivity index is 1.60. The number of hydrogen-bond acceptors (Lipinski definition) is 4. The van der Waals surface area contributed by atoms with Crippen molar-refractivity contribution >= 4 is 12.0 Å². The molecule has 1 saturated heterocycles. The highest BCUT2D eigenvalue weighted by atomic mass is 19.1. The zero-order chi connectivity index (χ0) is 21.8. The van der Waals surface area contributed by atoms with E-state index >= 15 is 0 Å². The minimum Gasteiger partial charge on any atom is -0.388 e. The highest BCUT2D eigenvalue weighted by Gasteiger charge is 2.48. The fourth-order valence-corrected chi connectivity index (χ4v) is 4.58. The van der Waals surface area contributed by atoms with Gasteiger partial charge < -0.3 is 20.5 Å². The molecule has 0 spiro atoms. The van der Waals surface area contributed by atoms with Gasteiger partial charge in [-0.2, -0.15) is 0 Å². The monoisotopic (exact) mass is 418 g/mol. The zero-order valence-corrected chi connectivity index (χ0v) is 17.3. The topological polar surface area (TPSA) is 66.6 Å². The Labute approximate surface area is 182 Å². The van der Waals surface area contributed by atoms with Crippen molar-refractivity contribution in [1.82, 2.24) is 0 Å². The van der Waals surface area contributed by atoms with Gasteiger partial charge in [-0.25, -0.2) is 4.39 Å². The second-order valence-corrected chi connectivity index (χ2v) is 8.07. The van der Waals surface area contributed by atoms with Gasteiger partial charge in [-0.05, 0) is 53.8 Å². The molecular weight excluding hydrogens is 391 g/mol. The van der Waals surface area contributed by atoms with Gasteiger partial charge in [0.25, 0.3) is 0 Å². The summed E-state index contributed by atoms with van der Waals surface area (Å²) in [6.45, 7) is 0.469. The number of anilines is 1. The van der Waals surface area contributed by atoms with E-state index in [1.807, 2.05) is 59.5 Å². The maximum absolute atomic E-state index is 13.5. The van der Waals surface area contributed by atoms with E-state index in [1.54, 1.807) is 12.1 Å². The van der Waals surface area contributed by atoms with Gasteiger partial charge in [0.15, 0.2) is 0 Å². The molecule has 0 bridgehead atoms. The summed E-state index contributed by atoms with van der Waals surface area (Å²) in [5.41, 5.74) is 9.56. The number of carbonyl (C=O) groups excluding carboxylic acids is 1. The predicted octanol–water partition coefficient (Wildman–Crippen LogP) is 4.54. The molecule has 4 rings (SSSR count). The summed E-state index contributed by atoms with van der Waals surface area (Å²) in [6, 6.07) is 23.6. The lowest BCUT2D eigenvalue weighted by Crippen LogP contribution is -2.59. The average molecular weight is 419 g/mol. The molecule has 0 aliphatic carbocycles. The highest BCUT2D eigenvalue weighted by molar-refractivity contribution is 5.72. The Morgan fingerprint density at radius 2 is 1.68 bits per heavy atom. The van der Waals surface area contributed by atoms with Crippen LogP contribution in [0.4, 0.5) is 10.1 Å². The number of nitrogens with zero attached hydrogens (tertiary/aromatic N) is 1. The number of hydrogen-bond donors (Lipinski definition) is 2. The molecular formula is C26H27FN2O2. The smallest absolute Gasteiger partial charge is 0.142 e. The van der Waals surface area contributed by atoms with E-state index in [0.717, 1.165) is 28.7 Å². The Hall–Kier alpha value is -3.02. The van der Waals surface area contributed by atoms with Crippen molar-refractivity contribution in [1.29, 1.82) is 0 Å². The third kappa shape index (κ3) is 4.38. The van der Waals surface area contributed by atoms with Gasteiger partial charge in [0.2, 0.25) is 0 Å². The maximum Gasteiger partial charge on any atom is 0.142 e. The second kappa shape index (κ2) is 9.41. The molecule has 5 heteroatoms. The molecule has 1 heterocycles. The molecule has 0 radical (unpaired) electrons. The number of nitrogens with two attached hydrogens (primary N) is 1. The van der Waals surface area contributed by atoms with Crippen LogP contribution in [0.5, 0.6) is 0 Å². The van der Waals surface area contributed by atoms with Crippen LogP contribution in [-0.4, -0.2) is 17.4 Å². The van der Waals surface area contributed by atoms with Crippen LogP contribution in [0.2, 0.25) is 0 Å². The van der Waals surface area contributed by atoms with E-state index in [2.05, 4.69) is 0 Å². The highest BCUT2D eigenvalue weighted by Crippen LogP contribution is 2.49. The summed E-state index contributed by atoms with van der Waals surface area (Å²) in [5, 5.41) is 10.6. The quantitative estimate of drug-likeness (QED) is 0.527. The van der Waals surface area contributed by atoms with Crippen molar-refractivity contribution in [3.8, 4) is 0 Å². The second-order valence-electron chi connectivity index (χ2n) is 8.07. The fourth-order valence-electron chi connectivity index (χ4n) is 4.58. The third-order valence-corrected chi connectivity index (χ3v) is 6.24. The van der Waals surface area contributed by atoms with Gasteiger partial charge in [0, 0.05) is 18.2 Å². The summed E-state index contributed by atoms with van der Waals surface area (Å²) in [4.78, 5) is 14.1. The van der Waals surface area contributed by atoms with Gasteiger partial charge in [-0.1, -0.05) is 54.6 Å². The largest absolute Gasteiger partial charge is 0.388 e. The van der Waals surface area contributed by atoms with Gasteiger partial charge in [0.05, 0.1) is 18.2 Å². The van der Waals surface area contributed by atoms with Crippen molar-refractivity contribution in [2.24, 2.45) is 11.7 Å². The zero-order valence-electron chi connectivity index (χ0n) is 17.3. The first-order valence-electron chi connectivity index (χ1n) is 10.6. The number of aliphatic hydroxyl groups is 1. The first kappa shape index (κ1) is 21.2. The summed E-state index contributed by atoms with van der Waals surface area (Å²) in [7, 11) is 0. The minimum atomic E-state index is -0.575. The summed E-state index contributed by atoms with van der Waals surface area (Å²) >= 11 is 0. The lowest BCUT2D eigenvalue weighted by molar-refractivity contribution is -0.112. The molecule has 0 aromatic heterocycles. The van der Waals surface area contributed by atoms with Gasteiger partial charge in [0.1, 0.15) is 12.1 Å². The Bertz CT molecular complexity index is 992. The standard InChI is InChI=1S/C26H27FN2O2/c27-21-10-12-22(13-11-21)29-24(17-30)23(14-15-25(31)19-4-2-1-3-5-19)26(29)20-8-6-18(16-28)7-9-20/h1-13,17,23-26,31H,14-16,28H2. The number of benzene rings is 3.